The summed E-state index contributed by atoms with van der Waals surface area (Å²) in [5.74, 6) is -1.37. The number of rotatable bonds is 40. The van der Waals surface area contributed by atoms with Crippen LogP contribution in [0.5, 0.6) is 17.2 Å². The van der Waals surface area contributed by atoms with Crippen molar-refractivity contribution in [2.75, 3.05) is 32.9 Å². The first-order valence-corrected chi connectivity index (χ1v) is 39.0. The van der Waals surface area contributed by atoms with Gasteiger partial charge in [-0.25, -0.2) is 0 Å². The van der Waals surface area contributed by atoms with Gasteiger partial charge in [0.25, 0.3) is 17.7 Å². The van der Waals surface area contributed by atoms with Crippen molar-refractivity contribution < 1.29 is 62.4 Å². The number of benzene rings is 7. The van der Waals surface area contributed by atoms with Gasteiger partial charge in [0.1, 0.15) is 17.2 Å². The topological polar surface area (TPSA) is 226 Å². The minimum atomic E-state index is -0.985. The third kappa shape index (κ3) is 27.6. The van der Waals surface area contributed by atoms with E-state index in [4.69, 9.17) is 33.6 Å². The Morgan fingerprint density at radius 1 is 0.391 bits per heavy atom. The summed E-state index contributed by atoms with van der Waals surface area (Å²) in [6.45, 7) is 2.81. The van der Waals surface area contributed by atoms with E-state index in [0.717, 1.165) is 69.8 Å². The van der Waals surface area contributed by atoms with Gasteiger partial charge in [0.15, 0.2) is 0 Å². The van der Waals surface area contributed by atoms with Gasteiger partial charge in [-0.05, 0) is 207 Å². The zero-order valence-corrected chi connectivity index (χ0v) is 63.8. The number of ether oxygens (including phenoxy) is 3. The maximum atomic E-state index is 13.8. The molecule has 0 aliphatic carbocycles. The number of nitrogens with zero attached hydrogens (tertiary/aromatic N) is 5. The number of carbonyl (C=O) groups is 6. The van der Waals surface area contributed by atoms with Crippen LogP contribution in [0, 0.1) is 0 Å². The van der Waals surface area contributed by atoms with E-state index in [-0.39, 0.29) is 43.0 Å². The first kappa shape index (κ1) is 78.1. The number of carboxylic acid groups (broad SMARTS) is 3. The number of para-hydroxylation sites is 3. The average molecular weight is 1520 g/mol. The van der Waals surface area contributed by atoms with Crippen LogP contribution < -0.4 is 14.2 Å². The van der Waals surface area contributed by atoms with E-state index in [2.05, 4.69) is 15.3 Å². The first-order valence-electron chi connectivity index (χ1n) is 38.9. The molecule has 7 aromatic carbocycles. The Labute approximate surface area is 657 Å². The van der Waals surface area contributed by atoms with Crippen molar-refractivity contribution >= 4 is 58.3 Å². The number of amides is 3. The van der Waals surface area contributed by atoms with E-state index in [1.807, 2.05) is 255 Å². The van der Waals surface area contributed by atoms with E-state index in [9.17, 15) is 28.8 Å². The minimum Gasteiger partial charge on any atom is -0.493 e. The highest BCUT2D eigenvalue weighted by Crippen LogP contribution is 2.30. The Balaban J connectivity index is 0.000000195. The summed E-state index contributed by atoms with van der Waals surface area (Å²) in [6, 6.07) is 71.7. The predicted molar refractivity (Wildman–Crippen MR) is 436 cm³/mol. The van der Waals surface area contributed by atoms with Gasteiger partial charge in [0.2, 0.25) is 0 Å². The largest absolute Gasteiger partial charge is 0.493 e. The van der Waals surface area contributed by atoms with Crippen molar-refractivity contribution in [1.29, 1.82) is 0 Å². The lowest BCUT2D eigenvalue weighted by Crippen LogP contribution is -2.36. The molecule has 4 heterocycles. The molecule has 4 aromatic heterocycles. The molecule has 19 heteroatoms. The summed E-state index contributed by atoms with van der Waals surface area (Å²) in [7, 11) is 0. The van der Waals surface area contributed by atoms with E-state index in [1.165, 1.54) is 0 Å². The van der Waals surface area contributed by atoms with Crippen LogP contribution in [0.15, 0.2) is 259 Å². The SMILES string of the molecule is [2H]C(c1ccccc1OCCCCCC(=O)O)N(C(=O)c1ccc(-c2ccccc2)cc1)C(C)C.[2H]C(c1ccccc1OCCCCCC(=O)O)N(CCc1ccccn1)C(=O)c1ccc(-c2cccs2)cc1.[2H]C(c1ccccc1OCCCCCC(=O)O)N(CCc1ccccn1)C(=O)c1ccc(-c2ccsc2)cc1. The van der Waals surface area contributed by atoms with Gasteiger partial charge in [-0.3, -0.25) is 38.7 Å². The number of aliphatic carboxylic acids is 3. The molecule has 3 atom stereocenters. The van der Waals surface area contributed by atoms with E-state index in [1.54, 1.807) is 49.8 Å². The maximum Gasteiger partial charge on any atom is 0.303 e. The highest BCUT2D eigenvalue weighted by molar-refractivity contribution is 7.13. The van der Waals surface area contributed by atoms with Crippen LogP contribution in [0.2, 0.25) is 0 Å². The lowest BCUT2D eigenvalue weighted by atomic mass is 10.0. The number of hydrogen-bond acceptors (Lipinski definition) is 13. The summed E-state index contributed by atoms with van der Waals surface area (Å²) in [4.78, 5) is 87.7. The lowest BCUT2D eigenvalue weighted by Gasteiger charge is -2.28. The fourth-order valence-electron chi connectivity index (χ4n) is 11.7. The number of carboxylic acids is 3. The van der Waals surface area contributed by atoms with Gasteiger partial charge in [-0.1, -0.05) is 140 Å². The molecule has 0 aliphatic heterocycles. The molecule has 17 nitrogen and oxygen atoms in total. The standard InChI is InChI=1S/2C31H32N2O4S.C29H33NO4/c34-30(35)13-2-1-7-21-37-28-11-4-3-9-26(28)23-33(20-18-27-10-5-6-19-32-27)31(36)25-16-14-24(15-17-25)29-12-8-22-38-29;34-30(35)11-2-1-7-20-37-29-10-4-3-8-26(29)22-33(19-16-28-9-5-6-18-32-28)31(36)25-14-12-24(13-15-25)27-17-21-38-23-27;1-22(2)30(29(33)25-18-16-24(17-19-25)23-11-5-3-6-12-23)21-26-13-8-9-14-27(26)34-20-10-4-7-15-28(31)32/h3-6,8-12,14-17,19,22H,1-2,7,13,18,20-21,23H2,(H,34,35);3-6,8-10,12-15,17-18,21,23H,1-2,7,11,16,19-20,22H2,(H,34,35);3,5-6,8-9,11-14,16-19,22H,4,7,10,15,20-21H2,1-2H3,(H,31,32)/i23D;22D;21D. The van der Waals surface area contributed by atoms with Crippen LogP contribution >= 0.6 is 22.7 Å². The Hall–Kier alpha value is -11.5. The molecule has 11 aromatic rings. The van der Waals surface area contributed by atoms with Crippen molar-refractivity contribution in [3.05, 3.63) is 304 Å². The van der Waals surface area contributed by atoms with Crippen LogP contribution in [0.1, 0.15) is 154 Å². The average Bonchev–Trinajstić information content (AvgIpc) is 0.896. The first-order chi connectivity index (χ1) is 54.9. The van der Waals surface area contributed by atoms with Crippen molar-refractivity contribution in [2.24, 2.45) is 0 Å². The Morgan fingerprint density at radius 3 is 1.17 bits per heavy atom. The number of aromatic nitrogens is 2. The zero-order chi connectivity index (χ0) is 80.1. The Bertz CT molecular complexity index is 4500. The number of unbranched alkanes of at least 4 members (excludes halogenated alkanes) is 6. The van der Waals surface area contributed by atoms with Crippen LogP contribution in [-0.4, -0.2) is 115 Å². The van der Waals surface area contributed by atoms with E-state index >= 15 is 0 Å². The molecule has 110 heavy (non-hydrogen) atoms. The number of carbonyl (C=O) groups excluding carboxylic acids is 3. The Kier molecular flexibility index (Phi) is 32.2. The summed E-state index contributed by atoms with van der Waals surface area (Å²) in [5, 5.41) is 32.5. The molecule has 3 N–H and O–H groups in total. The second kappa shape index (κ2) is 45.3. The summed E-state index contributed by atoms with van der Waals surface area (Å²) < 4.78 is 45.2. The summed E-state index contributed by atoms with van der Waals surface area (Å²) in [6.07, 6.45) is 11.1. The number of thiophene rings is 2. The molecule has 0 bridgehead atoms. The fourth-order valence-corrected chi connectivity index (χ4v) is 13.1. The molecular weight excluding hydrogens is 1420 g/mol. The van der Waals surface area contributed by atoms with Crippen molar-refractivity contribution in [2.45, 2.75) is 129 Å². The van der Waals surface area contributed by atoms with Crippen LogP contribution in [-0.2, 0) is 46.8 Å². The van der Waals surface area contributed by atoms with Crippen LogP contribution in [0.4, 0.5) is 0 Å². The predicted octanol–water partition coefficient (Wildman–Crippen LogP) is 19.9. The van der Waals surface area contributed by atoms with Crippen LogP contribution in [0.3, 0.4) is 0 Å². The molecule has 570 valence electrons. The number of pyridine rings is 2. The lowest BCUT2D eigenvalue weighted by molar-refractivity contribution is -0.138. The molecule has 0 saturated carbocycles. The van der Waals surface area contributed by atoms with Gasteiger partial charge >= 0.3 is 17.9 Å². The highest BCUT2D eigenvalue weighted by atomic mass is 32.1. The summed E-state index contributed by atoms with van der Waals surface area (Å²) in [5.41, 5.74) is 10.4. The third-order valence-corrected chi connectivity index (χ3v) is 19.3. The normalized spacial score (nSPS) is 12.0. The molecule has 0 saturated heterocycles. The quantitative estimate of drug-likeness (QED) is 0.0304. The van der Waals surface area contributed by atoms with Crippen molar-refractivity contribution in [3.63, 3.8) is 0 Å². The molecular formula is C91H97N5O12S2. The van der Waals surface area contributed by atoms with Crippen LogP contribution in [0.25, 0.3) is 32.7 Å². The van der Waals surface area contributed by atoms with E-state index in [0.29, 0.717) is 128 Å². The fraction of sp³-hybridized carbons (Fsp3) is 0.275. The highest BCUT2D eigenvalue weighted by Gasteiger charge is 2.24. The van der Waals surface area contributed by atoms with Crippen molar-refractivity contribution in [1.82, 2.24) is 24.7 Å². The molecule has 0 spiro atoms. The Morgan fingerprint density at radius 2 is 0.782 bits per heavy atom. The monoisotopic (exact) mass is 1520 g/mol. The molecule has 0 radical (unpaired) electrons. The molecule has 3 amide bonds. The maximum absolute atomic E-state index is 13.8. The smallest absolute Gasteiger partial charge is 0.303 e. The van der Waals surface area contributed by atoms with Gasteiger partial charge < -0.3 is 44.2 Å². The second-order valence-corrected chi connectivity index (χ2v) is 27.9. The van der Waals surface area contributed by atoms with Gasteiger partial charge in [-0.15, -0.1) is 11.3 Å². The molecule has 11 rings (SSSR count). The molecule has 0 fully saturated rings. The van der Waals surface area contributed by atoms with E-state index < -0.39 is 37.5 Å². The van der Waals surface area contributed by atoms with Gasteiger partial charge in [-0.2, -0.15) is 11.3 Å². The molecule has 0 aliphatic rings. The van der Waals surface area contributed by atoms with Gasteiger partial charge in [0, 0.05) is 133 Å². The third-order valence-electron chi connectivity index (χ3n) is 17.6. The molecule has 3 unspecified atom stereocenters. The summed E-state index contributed by atoms with van der Waals surface area (Å²) >= 11 is 3.27. The zero-order valence-electron chi connectivity index (χ0n) is 65.1. The number of hydrogen-bond donors (Lipinski definition) is 3. The second-order valence-electron chi connectivity index (χ2n) is 26.2. The minimum absolute atomic E-state index is 0.146. The van der Waals surface area contributed by atoms with Crippen molar-refractivity contribution in [3.8, 4) is 49.9 Å². The van der Waals surface area contributed by atoms with Gasteiger partial charge in [0.05, 0.1) is 23.9 Å².